The first-order valence-corrected chi connectivity index (χ1v) is 9.10. The lowest BCUT2D eigenvalue weighted by Crippen LogP contribution is -2.27. The van der Waals surface area contributed by atoms with Crippen LogP contribution in [0.2, 0.25) is 0 Å². The number of carbonyl (C=O) groups excluding carboxylic acids is 1. The van der Waals surface area contributed by atoms with Crippen molar-refractivity contribution >= 4 is 17.7 Å². The molecule has 0 aliphatic rings. The van der Waals surface area contributed by atoms with Gasteiger partial charge in [0, 0.05) is 6.54 Å². The summed E-state index contributed by atoms with van der Waals surface area (Å²) in [7, 11) is 0. The van der Waals surface area contributed by atoms with Gasteiger partial charge in [-0.15, -0.1) is 5.10 Å². The molecule has 1 N–H and O–H groups in total. The molecule has 0 aliphatic carbocycles. The lowest BCUT2D eigenvalue weighted by atomic mass is 10.1. The highest BCUT2D eigenvalue weighted by Gasteiger charge is 2.11. The number of benzene rings is 2. The molecule has 0 spiro atoms. The summed E-state index contributed by atoms with van der Waals surface area (Å²) in [4.78, 5) is 12.0. The molecule has 0 unspecified atom stereocenters. The molecule has 0 radical (unpaired) electrons. The zero-order valence-corrected chi connectivity index (χ0v) is 15.0. The molecule has 6 nitrogen and oxygen atoms in total. The van der Waals surface area contributed by atoms with Crippen LogP contribution in [-0.4, -0.2) is 38.4 Å². The fraction of sp³-hybridized carbons (Fsp3) is 0.222. The van der Waals surface area contributed by atoms with Crippen molar-refractivity contribution < 1.29 is 9.18 Å². The molecule has 0 saturated heterocycles. The number of thioether (sulfide) groups is 1. The fourth-order valence-corrected chi connectivity index (χ4v) is 3.06. The van der Waals surface area contributed by atoms with E-state index in [1.165, 1.54) is 17.8 Å². The maximum absolute atomic E-state index is 13.5. The van der Waals surface area contributed by atoms with Crippen molar-refractivity contribution in [3.05, 3.63) is 65.5 Å². The highest BCUT2D eigenvalue weighted by Crippen LogP contribution is 2.18. The van der Waals surface area contributed by atoms with E-state index in [2.05, 4.69) is 20.8 Å². The smallest absolute Gasteiger partial charge is 0.230 e. The van der Waals surface area contributed by atoms with Crippen LogP contribution in [0.5, 0.6) is 0 Å². The molecule has 26 heavy (non-hydrogen) atoms. The van der Waals surface area contributed by atoms with E-state index >= 15 is 0 Å². The van der Waals surface area contributed by atoms with Crippen LogP contribution in [-0.2, 0) is 11.2 Å². The molecule has 0 bridgehead atoms. The fourth-order valence-electron chi connectivity index (χ4n) is 2.34. The second-order valence-electron chi connectivity index (χ2n) is 5.69. The number of aromatic nitrogens is 4. The van der Waals surface area contributed by atoms with E-state index in [0.29, 0.717) is 23.7 Å². The molecule has 134 valence electrons. The van der Waals surface area contributed by atoms with Crippen LogP contribution in [0.15, 0.2) is 53.7 Å². The summed E-state index contributed by atoms with van der Waals surface area (Å²) in [5.74, 6) is -0.220. The van der Waals surface area contributed by atoms with Gasteiger partial charge >= 0.3 is 0 Å². The molecule has 0 saturated carbocycles. The highest BCUT2D eigenvalue weighted by atomic mass is 32.2. The third kappa shape index (κ3) is 4.66. The molecule has 0 fully saturated rings. The molecule has 0 aliphatic heterocycles. The predicted molar refractivity (Wildman–Crippen MR) is 97.7 cm³/mol. The van der Waals surface area contributed by atoms with E-state index in [-0.39, 0.29) is 17.5 Å². The standard InChI is InChI=1S/C18H18FN5OS/c1-13-6-8-15(9-7-13)24-18(21-22-23-24)26-12-17(25)20-11-10-14-4-2-3-5-16(14)19/h2-9H,10-12H2,1H3,(H,20,25). The Morgan fingerprint density at radius 2 is 1.96 bits per heavy atom. The van der Waals surface area contributed by atoms with Crippen LogP contribution in [0, 0.1) is 12.7 Å². The van der Waals surface area contributed by atoms with Gasteiger partial charge in [-0.1, -0.05) is 47.7 Å². The topological polar surface area (TPSA) is 72.7 Å². The number of hydrogen-bond donors (Lipinski definition) is 1. The Kier molecular flexibility index (Phi) is 5.96. The van der Waals surface area contributed by atoms with Gasteiger partial charge in [0.2, 0.25) is 11.1 Å². The Morgan fingerprint density at radius 1 is 1.19 bits per heavy atom. The molecule has 1 heterocycles. The Balaban J connectivity index is 1.50. The SMILES string of the molecule is Cc1ccc(-n2nnnc2SCC(=O)NCCc2ccccc2F)cc1. The molecular weight excluding hydrogens is 353 g/mol. The molecule has 8 heteroatoms. The summed E-state index contributed by atoms with van der Waals surface area (Å²) in [6.07, 6.45) is 0.449. The molecule has 2 aromatic carbocycles. The number of amides is 1. The number of carbonyl (C=O) groups is 1. The van der Waals surface area contributed by atoms with E-state index < -0.39 is 0 Å². The Labute approximate surface area is 154 Å². The Morgan fingerprint density at radius 3 is 2.73 bits per heavy atom. The van der Waals surface area contributed by atoms with Crippen molar-refractivity contribution in [1.82, 2.24) is 25.5 Å². The van der Waals surface area contributed by atoms with Crippen molar-refractivity contribution in [2.45, 2.75) is 18.5 Å². The Bertz CT molecular complexity index is 881. The minimum Gasteiger partial charge on any atom is -0.355 e. The third-order valence-electron chi connectivity index (χ3n) is 3.73. The van der Waals surface area contributed by atoms with E-state index in [4.69, 9.17) is 0 Å². The number of nitrogens with zero attached hydrogens (tertiary/aromatic N) is 4. The van der Waals surface area contributed by atoms with Gasteiger partial charge in [-0.3, -0.25) is 4.79 Å². The van der Waals surface area contributed by atoms with Gasteiger partial charge in [0.15, 0.2) is 0 Å². The number of rotatable bonds is 7. The van der Waals surface area contributed by atoms with Gasteiger partial charge in [0.05, 0.1) is 11.4 Å². The van der Waals surface area contributed by atoms with Crippen LogP contribution >= 0.6 is 11.8 Å². The second kappa shape index (κ2) is 8.57. The number of halogens is 1. The average molecular weight is 371 g/mol. The van der Waals surface area contributed by atoms with Gasteiger partial charge in [0.1, 0.15) is 5.82 Å². The van der Waals surface area contributed by atoms with E-state index in [1.54, 1.807) is 22.9 Å². The minimum absolute atomic E-state index is 0.148. The van der Waals surface area contributed by atoms with Crippen LogP contribution in [0.3, 0.4) is 0 Å². The van der Waals surface area contributed by atoms with Crippen molar-refractivity contribution in [3.63, 3.8) is 0 Å². The predicted octanol–water partition coefficient (Wildman–Crippen LogP) is 2.56. The Hall–Kier alpha value is -2.74. The molecular formula is C18H18FN5OS. The van der Waals surface area contributed by atoms with Crippen LogP contribution in [0.1, 0.15) is 11.1 Å². The third-order valence-corrected chi connectivity index (χ3v) is 4.65. The van der Waals surface area contributed by atoms with Crippen molar-refractivity contribution in [2.75, 3.05) is 12.3 Å². The first kappa shape index (κ1) is 18.1. The van der Waals surface area contributed by atoms with Crippen LogP contribution in [0.4, 0.5) is 4.39 Å². The van der Waals surface area contributed by atoms with Crippen molar-refractivity contribution in [1.29, 1.82) is 0 Å². The number of tetrazole rings is 1. The molecule has 1 amide bonds. The summed E-state index contributed by atoms with van der Waals surface area (Å²) in [6.45, 7) is 2.38. The van der Waals surface area contributed by atoms with Gasteiger partial charge in [-0.2, -0.15) is 4.68 Å². The lowest BCUT2D eigenvalue weighted by molar-refractivity contribution is -0.118. The zero-order chi connectivity index (χ0) is 18.4. The molecule has 0 atom stereocenters. The average Bonchev–Trinajstić information content (AvgIpc) is 3.11. The summed E-state index contributed by atoms with van der Waals surface area (Å²) in [5, 5.41) is 14.9. The van der Waals surface area contributed by atoms with E-state index in [1.807, 2.05) is 31.2 Å². The monoisotopic (exact) mass is 371 g/mol. The largest absolute Gasteiger partial charge is 0.355 e. The maximum Gasteiger partial charge on any atom is 0.230 e. The van der Waals surface area contributed by atoms with Gasteiger partial charge in [-0.05, 0) is 47.5 Å². The van der Waals surface area contributed by atoms with Crippen LogP contribution in [0.25, 0.3) is 5.69 Å². The van der Waals surface area contributed by atoms with Crippen molar-refractivity contribution in [3.8, 4) is 5.69 Å². The summed E-state index contributed by atoms with van der Waals surface area (Å²) in [6, 6.07) is 14.3. The minimum atomic E-state index is -0.256. The van der Waals surface area contributed by atoms with Gasteiger partial charge in [0.25, 0.3) is 0 Å². The molecule has 3 aromatic rings. The van der Waals surface area contributed by atoms with Crippen molar-refractivity contribution in [2.24, 2.45) is 0 Å². The molecule has 1 aromatic heterocycles. The van der Waals surface area contributed by atoms with Gasteiger partial charge in [-0.25, -0.2) is 4.39 Å². The van der Waals surface area contributed by atoms with E-state index in [9.17, 15) is 9.18 Å². The second-order valence-corrected chi connectivity index (χ2v) is 6.63. The highest BCUT2D eigenvalue weighted by molar-refractivity contribution is 7.99. The van der Waals surface area contributed by atoms with Crippen LogP contribution < -0.4 is 5.32 Å². The van der Waals surface area contributed by atoms with Gasteiger partial charge < -0.3 is 5.32 Å². The summed E-state index contributed by atoms with van der Waals surface area (Å²) >= 11 is 1.25. The lowest BCUT2D eigenvalue weighted by Gasteiger charge is -2.07. The first-order chi connectivity index (χ1) is 12.6. The summed E-state index contributed by atoms with van der Waals surface area (Å²) < 4.78 is 15.1. The first-order valence-electron chi connectivity index (χ1n) is 8.12. The summed E-state index contributed by atoms with van der Waals surface area (Å²) in [5.41, 5.74) is 2.57. The quantitative estimate of drug-likeness (QED) is 0.646. The molecule has 3 rings (SSSR count). The number of hydrogen-bond acceptors (Lipinski definition) is 5. The number of nitrogens with one attached hydrogen (secondary N) is 1. The maximum atomic E-state index is 13.5. The van der Waals surface area contributed by atoms with E-state index in [0.717, 1.165) is 11.3 Å². The zero-order valence-electron chi connectivity index (χ0n) is 14.2. The number of aryl methyl sites for hydroxylation is 1. The normalized spacial score (nSPS) is 10.7.